The number of carbonyl (C=O) groups is 1. The Balaban J connectivity index is 2.00. The van der Waals surface area contributed by atoms with Gasteiger partial charge in [-0.2, -0.15) is 5.26 Å². The lowest BCUT2D eigenvalue weighted by Gasteiger charge is -2.43. The number of nitrogens with zero attached hydrogens (tertiary/aromatic N) is 2. The Morgan fingerprint density at radius 3 is 2.38 bits per heavy atom. The predicted molar refractivity (Wildman–Crippen MR) is 83.0 cm³/mol. The number of rotatable bonds is 4. The molecule has 21 heavy (non-hydrogen) atoms. The largest absolute Gasteiger partial charge is 0.350 e. The molecule has 0 bridgehead atoms. The van der Waals surface area contributed by atoms with Gasteiger partial charge in [-0.25, -0.2) is 0 Å². The standard InChI is InChI=1S/C17H23N3O/c1-20(2)17(10-4-3-5-11-17)13-19-16(21)15-8-6-14(12-18)7-9-15/h6-9H,3-5,10-11,13H2,1-2H3,(H,19,21). The second-order valence-corrected chi connectivity index (χ2v) is 6.05. The van der Waals surface area contributed by atoms with Gasteiger partial charge in [0.1, 0.15) is 0 Å². The molecule has 4 nitrogen and oxygen atoms in total. The van der Waals surface area contributed by atoms with Crippen molar-refractivity contribution in [2.45, 2.75) is 37.6 Å². The van der Waals surface area contributed by atoms with E-state index in [1.807, 2.05) is 0 Å². The first-order chi connectivity index (χ1) is 10.1. The van der Waals surface area contributed by atoms with Gasteiger partial charge in [0.05, 0.1) is 11.6 Å². The molecule has 0 saturated heterocycles. The zero-order valence-corrected chi connectivity index (χ0v) is 12.9. The van der Waals surface area contributed by atoms with Gasteiger partial charge < -0.3 is 10.2 Å². The fourth-order valence-electron chi connectivity index (χ4n) is 3.04. The van der Waals surface area contributed by atoms with E-state index >= 15 is 0 Å². The highest BCUT2D eigenvalue weighted by Gasteiger charge is 2.34. The molecule has 0 radical (unpaired) electrons. The molecule has 4 heteroatoms. The quantitative estimate of drug-likeness (QED) is 0.925. The van der Waals surface area contributed by atoms with Crippen molar-refractivity contribution in [3.05, 3.63) is 35.4 Å². The topological polar surface area (TPSA) is 56.1 Å². The first kappa shape index (κ1) is 15.5. The van der Waals surface area contributed by atoms with Gasteiger partial charge in [0.25, 0.3) is 5.91 Å². The van der Waals surface area contributed by atoms with E-state index in [4.69, 9.17) is 5.26 Å². The maximum atomic E-state index is 12.2. The number of hydrogen-bond acceptors (Lipinski definition) is 3. The summed E-state index contributed by atoms with van der Waals surface area (Å²) >= 11 is 0. The summed E-state index contributed by atoms with van der Waals surface area (Å²) in [5.41, 5.74) is 1.27. The Hall–Kier alpha value is -1.86. The summed E-state index contributed by atoms with van der Waals surface area (Å²) in [5, 5.41) is 11.8. The van der Waals surface area contributed by atoms with Gasteiger partial charge in [-0.3, -0.25) is 4.79 Å². The van der Waals surface area contributed by atoms with Crippen molar-refractivity contribution >= 4 is 5.91 Å². The van der Waals surface area contributed by atoms with E-state index in [9.17, 15) is 4.79 Å². The molecule has 0 aliphatic heterocycles. The predicted octanol–water partition coefficient (Wildman–Crippen LogP) is 2.55. The fraction of sp³-hybridized carbons (Fsp3) is 0.529. The molecule has 1 aromatic rings. The minimum absolute atomic E-state index is 0.0636. The lowest BCUT2D eigenvalue weighted by atomic mass is 9.80. The van der Waals surface area contributed by atoms with Crippen LogP contribution in [-0.2, 0) is 0 Å². The Kier molecular flexibility index (Phi) is 4.98. The van der Waals surface area contributed by atoms with Gasteiger partial charge in [0.2, 0.25) is 0 Å². The third kappa shape index (κ3) is 3.62. The van der Waals surface area contributed by atoms with E-state index in [0.717, 1.165) is 12.8 Å². The zero-order chi connectivity index (χ0) is 15.3. The summed E-state index contributed by atoms with van der Waals surface area (Å²) in [4.78, 5) is 14.5. The highest BCUT2D eigenvalue weighted by Crippen LogP contribution is 2.31. The number of likely N-dealkylation sites (N-methyl/N-ethyl adjacent to an activating group) is 1. The molecule has 0 aromatic heterocycles. The van der Waals surface area contributed by atoms with Gasteiger partial charge in [-0.15, -0.1) is 0 Å². The monoisotopic (exact) mass is 285 g/mol. The molecule has 1 aromatic carbocycles. The number of benzene rings is 1. The fourth-order valence-corrected chi connectivity index (χ4v) is 3.04. The Labute approximate surface area is 126 Å². The summed E-state index contributed by atoms with van der Waals surface area (Å²) in [6, 6.07) is 8.83. The highest BCUT2D eigenvalue weighted by molar-refractivity contribution is 5.94. The SMILES string of the molecule is CN(C)C1(CNC(=O)c2ccc(C#N)cc2)CCCCC1. The van der Waals surface area contributed by atoms with Crippen molar-refractivity contribution in [2.75, 3.05) is 20.6 Å². The average Bonchev–Trinajstić information content (AvgIpc) is 2.53. The third-order valence-corrected chi connectivity index (χ3v) is 4.59. The van der Waals surface area contributed by atoms with E-state index in [0.29, 0.717) is 17.7 Å². The summed E-state index contributed by atoms with van der Waals surface area (Å²) in [6.45, 7) is 0.679. The van der Waals surface area contributed by atoms with E-state index in [-0.39, 0.29) is 11.4 Å². The average molecular weight is 285 g/mol. The summed E-state index contributed by atoms with van der Waals surface area (Å²) < 4.78 is 0. The second-order valence-electron chi connectivity index (χ2n) is 6.05. The Morgan fingerprint density at radius 2 is 1.86 bits per heavy atom. The van der Waals surface area contributed by atoms with E-state index in [2.05, 4.69) is 30.4 Å². The maximum Gasteiger partial charge on any atom is 0.251 e. The lowest BCUT2D eigenvalue weighted by Crippen LogP contribution is -2.53. The molecule has 1 N–H and O–H groups in total. The minimum atomic E-state index is -0.0636. The molecule has 1 amide bonds. The van der Waals surface area contributed by atoms with Crippen molar-refractivity contribution in [3.8, 4) is 6.07 Å². The van der Waals surface area contributed by atoms with Crippen molar-refractivity contribution in [1.82, 2.24) is 10.2 Å². The number of carbonyl (C=O) groups excluding carboxylic acids is 1. The van der Waals surface area contributed by atoms with Crippen molar-refractivity contribution < 1.29 is 4.79 Å². The molecule has 0 atom stereocenters. The van der Waals surface area contributed by atoms with E-state index in [1.165, 1.54) is 19.3 Å². The van der Waals surface area contributed by atoms with E-state index < -0.39 is 0 Å². The van der Waals surface area contributed by atoms with Crippen LogP contribution in [0.1, 0.15) is 48.0 Å². The molecule has 2 rings (SSSR count). The smallest absolute Gasteiger partial charge is 0.251 e. The number of hydrogen-bond donors (Lipinski definition) is 1. The molecule has 0 heterocycles. The van der Waals surface area contributed by atoms with Crippen molar-refractivity contribution in [3.63, 3.8) is 0 Å². The molecule has 0 unspecified atom stereocenters. The van der Waals surface area contributed by atoms with Crippen LogP contribution in [0.3, 0.4) is 0 Å². The molecular formula is C17H23N3O. The lowest BCUT2D eigenvalue weighted by molar-refractivity contribution is 0.0799. The number of amides is 1. The van der Waals surface area contributed by atoms with Crippen LogP contribution in [0.25, 0.3) is 0 Å². The maximum absolute atomic E-state index is 12.2. The van der Waals surface area contributed by atoms with Crippen molar-refractivity contribution in [1.29, 1.82) is 5.26 Å². The van der Waals surface area contributed by atoms with Crippen LogP contribution in [0.5, 0.6) is 0 Å². The van der Waals surface area contributed by atoms with Crippen LogP contribution in [0.4, 0.5) is 0 Å². The highest BCUT2D eigenvalue weighted by atomic mass is 16.1. The van der Waals surface area contributed by atoms with Crippen LogP contribution < -0.4 is 5.32 Å². The Bertz CT molecular complexity index is 522. The Morgan fingerprint density at radius 1 is 1.24 bits per heavy atom. The molecule has 0 spiro atoms. The normalized spacial score (nSPS) is 17.2. The van der Waals surface area contributed by atoms with Crippen LogP contribution in [0.2, 0.25) is 0 Å². The molecule has 1 fully saturated rings. The first-order valence-corrected chi connectivity index (χ1v) is 7.53. The third-order valence-electron chi connectivity index (χ3n) is 4.59. The van der Waals surface area contributed by atoms with Gasteiger partial charge >= 0.3 is 0 Å². The minimum Gasteiger partial charge on any atom is -0.350 e. The van der Waals surface area contributed by atoms with Crippen molar-refractivity contribution in [2.24, 2.45) is 0 Å². The van der Waals surface area contributed by atoms with Crippen LogP contribution >= 0.6 is 0 Å². The summed E-state index contributed by atoms with van der Waals surface area (Å²) in [5.74, 6) is -0.0636. The van der Waals surface area contributed by atoms with Gasteiger partial charge in [0, 0.05) is 17.6 Å². The van der Waals surface area contributed by atoms with Gasteiger partial charge in [0.15, 0.2) is 0 Å². The van der Waals surface area contributed by atoms with E-state index in [1.54, 1.807) is 24.3 Å². The number of nitrogens with one attached hydrogen (secondary N) is 1. The van der Waals surface area contributed by atoms with Crippen LogP contribution in [0.15, 0.2) is 24.3 Å². The van der Waals surface area contributed by atoms with Crippen LogP contribution in [0, 0.1) is 11.3 Å². The summed E-state index contributed by atoms with van der Waals surface area (Å²) in [7, 11) is 4.19. The molecule has 112 valence electrons. The first-order valence-electron chi connectivity index (χ1n) is 7.53. The molecule has 1 aliphatic carbocycles. The van der Waals surface area contributed by atoms with Crippen LogP contribution in [-0.4, -0.2) is 37.0 Å². The molecule has 1 aliphatic rings. The summed E-state index contributed by atoms with van der Waals surface area (Å²) in [6.07, 6.45) is 6.01. The second kappa shape index (κ2) is 6.73. The van der Waals surface area contributed by atoms with Gasteiger partial charge in [-0.1, -0.05) is 19.3 Å². The molecule has 1 saturated carbocycles. The number of nitriles is 1. The molecular weight excluding hydrogens is 262 g/mol. The zero-order valence-electron chi connectivity index (χ0n) is 12.9. The van der Waals surface area contributed by atoms with Gasteiger partial charge in [-0.05, 0) is 51.2 Å².